The van der Waals surface area contributed by atoms with Crippen LogP contribution >= 0.6 is 0 Å². The normalized spacial score (nSPS) is 12.6. The van der Waals surface area contributed by atoms with E-state index in [-0.39, 0.29) is 5.56 Å². The molecule has 0 bridgehead atoms. The average Bonchev–Trinajstić information content (AvgIpc) is 3.07. The molecule has 5 rings (SSSR count). The Morgan fingerprint density at radius 3 is 2.71 bits per heavy atom. The van der Waals surface area contributed by atoms with E-state index in [0.29, 0.717) is 29.4 Å². The molecule has 0 fully saturated rings. The molecule has 0 radical (unpaired) electrons. The van der Waals surface area contributed by atoms with Crippen molar-refractivity contribution >= 4 is 11.1 Å². The molecular weight excluding hydrogens is 352 g/mol. The number of aromatic nitrogens is 4. The smallest absolute Gasteiger partial charge is 0.277 e. The fraction of sp³-hybridized carbons (Fsp3) is 0.0455. The minimum absolute atomic E-state index is 0.233. The van der Waals surface area contributed by atoms with Gasteiger partial charge >= 0.3 is 0 Å². The topological polar surface area (TPSA) is 72.3 Å². The maximum Gasteiger partial charge on any atom is 0.277 e. The van der Waals surface area contributed by atoms with Crippen molar-refractivity contribution < 1.29 is 4.74 Å². The first kappa shape index (κ1) is 16.3. The van der Waals surface area contributed by atoms with Crippen LogP contribution < -0.4 is 10.3 Å². The van der Waals surface area contributed by atoms with E-state index < -0.39 is 0 Å². The van der Waals surface area contributed by atoms with Crippen molar-refractivity contribution in [3.05, 3.63) is 101 Å². The van der Waals surface area contributed by atoms with Crippen LogP contribution in [0.25, 0.3) is 22.3 Å². The second-order valence-electron chi connectivity index (χ2n) is 6.45. The Kier molecular flexibility index (Phi) is 3.87. The fourth-order valence-corrected chi connectivity index (χ4v) is 3.15. The second kappa shape index (κ2) is 6.66. The van der Waals surface area contributed by atoms with Gasteiger partial charge in [-0.3, -0.25) is 4.79 Å². The quantitative estimate of drug-likeness (QED) is 0.584. The van der Waals surface area contributed by atoms with Crippen LogP contribution in [0.5, 0.6) is 5.75 Å². The van der Waals surface area contributed by atoms with E-state index in [1.54, 1.807) is 4.52 Å². The highest BCUT2D eigenvalue weighted by atomic mass is 16.5. The van der Waals surface area contributed by atoms with Crippen molar-refractivity contribution in [3.8, 4) is 17.0 Å². The molecule has 0 aliphatic heterocycles. The van der Waals surface area contributed by atoms with E-state index >= 15 is 0 Å². The Bertz CT molecular complexity index is 1280. The number of allylic oxidation sites excluding steroid dienone is 4. The molecule has 28 heavy (non-hydrogen) atoms. The van der Waals surface area contributed by atoms with Gasteiger partial charge in [-0.1, -0.05) is 60.7 Å². The second-order valence-corrected chi connectivity index (χ2v) is 6.45. The van der Waals surface area contributed by atoms with Gasteiger partial charge in [0.2, 0.25) is 0 Å². The Balaban J connectivity index is 1.54. The summed E-state index contributed by atoms with van der Waals surface area (Å²) in [6.45, 7) is 0.472. The number of aromatic amines is 1. The summed E-state index contributed by atoms with van der Waals surface area (Å²) in [5.74, 6) is 1.36. The maximum absolute atomic E-state index is 12.5. The van der Waals surface area contributed by atoms with Gasteiger partial charge in [-0.05, 0) is 17.7 Å². The summed E-state index contributed by atoms with van der Waals surface area (Å²) in [6, 6.07) is 17.6. The van der Waals surface area contributed by atoms with Gasteiger partial charge in [0.15, 0.2) is 11.3 Å². The summed E-state index contributed by atoms with van der Waals surface area (Å²) >= 11 is 0. The summed E-state index contributed by atoms with van der Waals surface area (Å²) in [6.07, 6.45) is 7.20. The molecule has 0 unspecified atom stereocenters. The minimum atomic E-state index is -0.233. The summed E-state index contributed by atoms with van der Waals surface area (Å²) in [5, 5.41) is 4.28. The van der Waals surface area contributed by atoms with E-state index in [9.17, 15) is 4.79 Å². The lowest BCUT2D eigenvalue weighted by Gasteiger charge is -2.07. The van der Waals surface area contributed by atoms with Crippen molar-refractivity contribution in [1.29, 1.82) is 0 Å². The zero-order valence-electron chi connectivity index (χ0n) is 14.9. The summed E-state index contributed by atoms with van der Waals surface area (Å²) in [5.41, 5.74) is 3.59. The van der Waals surface area contributed by atoms with Crippen LogP contribution in [-0.4, -0.2) is 19.6 Å². The monoisotopic (exact) mass is 368 g/mol. The van der Waals surface area contributed by atoms with E-state index in [4.69, 9.17) is 9.72 Å². The lowest BCUT2D eigenvalue weighted by Crippen LogP contribution is -2.12. The van der Waals surface area contributed by atoms with Crippen LogP contribution in [-0.2, 0) is 6.61 Å². The molecule has 6 heteroatoms. The number of hydrogen-bond acceptors (Lipinski definition) is 4. The van der Waals surface area contributed by atoms with Crippen molar-refractivity contribution in [3.63, 3.8) is 0 Å². The number of imidazole rings is 1. The van der Waals surface area contributed by atoms with Gasteiger partial charge in [0.05, 0.1) is 0 Å². The Hall–Kier alpha value is -3.93. The molecular formula is C22H16N4O2. The highest BCUT2D eigenvalue weighted by Crippen LogP contribution is 2.29. The van der Waals surface area contributed by atoms with Gasteiger partial charge in [0, 0.05) is 11.1 Å². The van der Waals surface area contributed by atoms with Crippen molar-refractivity contribution in [1.82, 2.24) is 19.6 Å². The highest BCUT2D eigenvalue weighted by molar-refractivity contribution is 5.84. The summed E-state index contributed by atoms with van der Waals surface area (Å²) in [7, 11) is 0. The molecule has 0 saturated carbocycles. The van der Waals surface area contributed by atoms with Crippen LogP contribution in [0.15, 0.2) is 83.9 Å². The lowest BCUT2D eigenvalue weighted by molar-refractivity contribution is 0.306. The van der Waals surface area contributed by atoms with Gasteiger partial charge in [0.1, 0.15) is 24.4 Å². The molecule has 1 aliphatic carbocycles. The minimum Gasteiger partial charge on any atom is -0.489 e. The molecule has 1 N–H and O–H groups in total. The van der Waals surface area contributed by atoms with E-state index in [1.807, 2.05) is 72.8 Å². The number of fused-ring (bicyclic) bond motifs is 1. The van der Waals surface area contributed by atoms with Gasteiger partial charge in [-0.2, -0.15) is 5.10 Å². The van der Waals surface area contributed by atoms with Crippen LogP contribution in [0.4, 0.5) is 0 Å². The molecule has 2 aromatic heterocycles. The van der Waals surface area contributed by atoms with Crippen LogP contribution in [0.1, 0.15) is 11.4 Å². The van der Waals surface area contributed by atoms with Gasteiger partial charge in [-0.25, -0.2) is 9.50 Å². The number of benzene rings is 2. The first-order valence-electron chi connectivity index (χ1n) is 8.92. The number of nitrogens with zero attached hydrogens (tertiary/aromatic N) is 3. The number of nitrogens with one attached hydrogen (secondary N) is 1. The number of rotatable bonds is 5. The highest BCUT2D eigenvalue weighted by Gasteiger charge is 2.19. The molecule has 1 aliphatic rings. The predicted molar refractivity (Wildman–Crippen MR) is 107 cm³/mol. The third-order valence-corrected chi connectivity index (χ3v) is 4.60. The first-order chi connectivity index (χ1) is 13.8. The number of hydrogen-bond donors (Lipinski definition) is 1. The molecule has 136 valence electrons. The largest absolute Gasteiger partial charge is 0.489 e. The third kappa shape index (κ3) is 2.81. The lowest BCUT2D eigenvalue weighted by atomic mass is 10.1. The summed E-state index contributed by atoms with van der Waals surface area (Å²) < 4.78 is 7.51. The molecule has 0 spiro atoms. The zero-order valence-corrected chi connectivity index (χ0v) is 14.9. The standard InChI is InChI=1S/C22H16N4O2/c27-22-20-19(25-21(16-8-4-9-16)26(20)24-14-23-22)17-10-5-11-18(12-17)28-13-15-6-2-1-3-7-15/h1-12,14H,13H2,(H,23,24,27). The molecule has 6 nitrogen and oxygen atoms in total. The molecule has 2 heterocycles. The number of ether oxygens (including phenoxy) is 1. The zero-order chi connectivity index (χ0) is 18.9. The van der Waals surface area contributed by atoms with Crippen LogP contribution in [0, 0.1) is 0 Å². The van der Waals surface area contributed by atoms with Crippen LogP contribution in [0.3, 0.4) is 0 Å². The van der Waals surface area contributed by atoms with Crippen molar-refractivity contribution in [2.75, 3.05) is 0 Å². The molecule has 2 aromatic carbocycles. The third-order valence-electron chi connectivity index (χ3n) is 4.60. The van der Waals surface area contributed by atoms with E-state index in [0.717, 1.165) is 16.7 Å². The average molecular weight is 368 g/mol. The van der Waals surface area contributed by atoms with Gasteiger partial charge in [0.25, 0.3) is 5.56 Å². The van der Waals surface area contributed by atoms with Gasteiger partial charge in [-0.15, -0.1) is 0 Å². The molecule has 0 saturated heterocycles. The Morgan fingerprint density at radius 2 is 1.93 bits per heavy atom. The molecule has 4 aromatic rings. The van der Waals surface area contributed by atoms with Crippen molar-refractivity contribution in [2.24, 2.45) is 0 Å². The first-order valence-corrected chi connectivity index (χ1v) is 8.92. The molecule has 0 atom stereocenters. The SMILES string of the molecule is O=c1[nH]cnn2c(C3=CC=C3)nc(-c3cccc(OCc4ccccc4)c3)c12. The van der Waals surface area contributed by atoms with Crippen molar-refractivity contribution in [2.45, 2.75) is 6.61 Å². The Morgan fingerprint density at radius 1 is 1.07 bits per heavy atom. The maximum atomic E-state index is 12.5. The fourth-order valence-electron chi connectivity index (χ4n) is 3.15. The Labute approximate surface area is 160 Å². The van der Waals surface area contributed by atoms with E-state index in [2.05, 4.69) is 10.1 Å². The predicted octanol–water partition coefficient (Wildman–Crippen LogP) is 3.62. The van der Waals surface area contributed by atoms with Gasteiger partial charge < -0.3 is 9.72 Å². The number of H-pyrrole nitrogens is 1. The van der Waals surface area contributed by atoms with Crippen LogP contribution in [0.2, 0.25) is 0 Å². The van der Waals surface area contributed by atoms with E-state index in [1.165, 1.54) is 6.33 Å². The molecule has 0 amide bonds. The summed E-state index contributed by atoms with van der Waals surface area (Å²) in [4.78, 5) is 19.8.